The number of aromatic nitrogens is 7. The van der Waals surface area contributed by atoms with Gasteiger partial charge in [0.2, 0.25) is 0 Å². The smallest absolute Gasteiger partial charge is 0.256 e. The predicted octanol–water partition coefficient (Wildman–Crippen LogP) is 3.08. The van der Waals surface area contributed by atoms with Gasteiger partial charge >= 0.3 is 0 Å². The summed E-state index contributed by atoms with van der Waals surface area (Å²) in [5, 5.41) is 21.6. The molecular formula is C30H33N9O3S. The quantitative estimate of drug-likeness (QED) is 0.317. The summed E-state index contributed by atoms with van der Waals surface area (Å²) in [5.41, 5.74) is 2.82. The van der Waals surface area contributed by atoms with Crippen LogP contribution < -0.4 is 10.2 Å². The lowest BCUT2D eigenvalue weighted by molar-refractivity contribution is -0.124. The van der Waals surface area contributed by atoms with Gasteiger partial charge in [0, 0.05) is 44.8 Å². The molecule has 4 aromatic rings. The van der Waals surface area contributed by atoms with Crippen LogP contribution in [0.3, 0.4) is 0 Å². The van der Waals surface area contributed by atoms with Crippen molar-refractivity contribution in [3.05, 3.63) is 60.4 Å². The molecule has 0 atom stereocenters. The van der Waals surface area contributed by atoms with Gasteiger partial charge in [-0.25, -0.2) is 23.4 Å². The van der Waals surface area contributed by atoms with Gasteiger partial charge in [0.1, 0.15) is 11.6 Å². The van der Waals surface area contributed by atoms with Crippen LogP contribution in [0.25, 0.3) is 11.4 Å². The maximum atomic E-state index is 12.6. The molecule has 0 bridgehead atoms. The Hall–Kier alpha value is -4.28. The van der Waals surface area contributed by atoms with Crippen molar-refractivity contribution in [3.8, 4) is 23.2 Å². The van der Waals surface area contributed by atoms with Gasteiger partial charge in [-0.05, 0) is 56.9 Å². The molecule has 222 valence electrons. The third-order valence-electron chi connectivity index (χ3n) is 8.54. The number of anilines is 3. The Bertz CT molecular complexity index is 1850. The molecule has 1 aliphatic heterocycles. The topological polar surface area (TPSA) is 144 Å². The normalized spacial score (nSPS) is 19.0. The molecule has 43 heavy (non-hydrogen) atoms. The zero-order valence-electron chi connectivity index (χ0n) is 24.1. The van der Waals surface area contributed by atoms with Crippen molar-refractivity contribution in [2.24, 2.45) is 12.5 Å². The van der Waals surface area contributed by atoms with Gasteiger partial charge in [-0.15, -0.1) is 0 Å². The van der Waals surface area contributed by atoms with E-state index in [-0.39, 0.29) is 10.7 Å². The van der Waals surface area contributed by atoms with E-state index in [1.54, 1.807) is 29.3 Å². The number of nitrogens with zero attached hydrogens (tertiary/aromatic N) is 8. The van der Waals surface area contributed by atoms with Crippen LogP contribution in [0.1, 0.15) is 56.6 Å². The average molecular weight is 600 g/mol. The van der Waals surface area contributed by atoms with E-state index in [0.717, 1.165) is 59.7 Å². The second-order valence-electron chi connectivity index (χ2n) is 12.3. The SMILES string of the molecule is Cn1cc(C#Cc2cnc(Nc3ccnc(-c4cnn(S(=O)(=O)C5CC5)c4)n3)cc2N2CCC3(CC2)CC(C)(O)C3)cn1. The number of piperidine rings is 1. The first-order chi connectivity index (χ1) is 20.6. The van der Waals surface area contributed by atoms with Crippen LogP contribution in [-0.2, 0) is 17.1 Å². The molecule has 2 aliphatic carbocycles. The zero-order chi connectivity index (χ0) is 29.8. The monoisotopic (exact) mass is 599 g/mol. The molecule has 0 radical (unpaired) electrons. The number of aliphatic hydroxyl groups is 1. The van der Waals surface area contributed by atoms with E-state index in [0.29, 0.717) is 35.9 Å². The molecule has 1 saturated heterocycles. The fourth-order valence-electron chi connectivity index (χ4n) is 6.41. The van der Waals surface area contributed by atoms with E-state index in [4.69, 9.17) is 0 Å². The number of pyridine rings is 1. The summed E-state index contributed by atoms with van der Waals surface area (Å²) in [6.45, 7) is 3.66. The summed E-state index contributed by atoms with van der Waals surface area (Å²) in [4.78, 5) is 15.9. The minimum atomic E-state index is -3.47. The van der Waals surface area contributed by atoms with Gasteiger partial charge < -0.3 is 15.3 Å². The average Bonchev–Trinajstić information content (AvgIpc) is 3.57. The molecular weight excluding hydrogens is 566 g/mol. The third-order valence-corrected chi connectivity index (χ3v) is 10.6. The Labute approximate surface area is 250 Å². The standard InChI is InChI=1S/C30H33N9O3S/c1-29(40)19-30(20-29)8-11-38(12-9-30)25-13-27(32-15-22(25)4-3-21-14-33-37(2)17-21)35-26-7-10-31-28(36-26)23-16-34-39(18-23)43(41,42)24-5-6-24/h7,10,13-18,24,40H,5-6,8-9,11-12,19-20H2,1-2H3,(H,31,32,35,36). The molecule has 0 unspecified atom stereocenters. The van der Waals surface area contributed by atoms with Crippen molar-refractivity contribution in [1.82, 2.24) is 33.9 Å². The largest absolute Gasteiger partial charge is 0.390 e. The van der Waals surface area contributed by atoms with E-state index >= 15 is 0 Å². The van der Waals surface area contributed by atoms with Crippen LogP contribution in [0.2, 0.25) is 0 Å². The molecule has 0 aromatic carbocycles. The van der Waals surface area contributed by atoms with Crippen molar-refractivity contribution < 1.29 is 13.5 Å². The van der Waals surface area contributed by atoms with Crippen LogP contribution in [0.15, 0.2) is 49.3 Å². The number of rotatable bonds is 6. The minimum absolute atomic E-state index is 0.221. The van der Waals surface area contributed by atoms with Crippen molar-refractivity contribution in [3.63, 3.8) is 0 Å². The number of hydrogen-bond acceptors (Lipinski definition) is 10. The predicted molar refractivity (Wildman–Crippen MR) is 161 cm³/mol. The van der Waals surface area contributed by atoms with Gasteiger partial charge in [-0.3, -0.25) is 4.68 Å². The Morgan fingerprint density at radius 1 is 1.02 bits per heavy atom. The maximum Gasteiger partial charge on any atom is 0.256 e. The van der Waals surface area contributed by atoms with Crippen molar-refractivity contribution in [2.75, 3.05) is 23.3 Å². The maximum absolute atomic E-state index is 12.6. The molecule has 2 N–H and O–H groups in total. The molecule has 3 aliphatic rings. The Balaban J connectivity index is 1.14. The lowest BCUT2D eigenvalue weighted by Gasteiger charge is -2.55. The second kappa shape index (κ2) is 10.2. The van der Waals surface area contributed by atoms with Crippen LogP contribution >= 0.6 is 0 Å². The van der Waals surface area contributed by atoms with E-state index < -0.39 is 15.6 Å². The first kappa shape index (κ1) is 27.5. The molecule has 2 saturated carbocycles. The highest BCUT2D eigenvalue weighted by molar-refractivity contribution is 7.90. The Morgan fingerprint density at radius 2 is 1.81 bits per heavy atom. The van der Waals surface area contributed by atoms with Gasteiger partial charge in [-0.1, -0.05) is 11.8 Å². The number of nitrogens with one attached hydrogen (secondary N) is 1. The first-order valence-corrected chi connectivity index (χ1v) is 16.0. The van der Waals surface area contributed by atoms with E-state index in [1.807, 2.05) is 26.2 Å². The zero-order valence-corrected chi connectivity index (χ0v) is 24.9. The summed E-state index contributed by atoms with van der Waals surface area (Å²) in [6.07, 6.45) is 15.0. The summed E-state index contributed by atoms with van der Waals surface area (Å²) in [7, 11) is -1.61. The van der Waals surface area contributed by atoms with Crippen molar-refractivity contribution in [2.45, 2.75) is 56.3 Å². The van der Waals surface area contributed by atoms with E-state index in [1.165, 1.54) is 12.4 Å². The van der Waals surface area contributed by atoms with Gasteiger partial charge in [-0.2, -0.15) is 14.3 Å². The van der Waals surface area contributed by atoms with Crippen molar-refractivity contribution >= 4 is 27.3 Å². The molecule has 12 nitrogen and oxygen atoms in total. The van der Waals surface area contributed by atoms with Crippen LogP contribution in [-0.4, -0.2) is 71.4 Å². The third kappa shape index (κ3) is 5.60. The summed E-state index contributed by atoms with van der Waals surface area (Å²) in [5.74, 6) is 7.98. The fourth-order valence-corrected chi connectivity index (χ4v) is 7.89. The van der Waals surface area contributed by atoms with Crippen LogP contribution in [0.4, 0.5) is 17.3 Å². The molecule has 5 heterocycles. The van der Waals surface area contributed by atoms with Gasteiger partial charge in [0.05, 0.1) is 51.8 Å². The molecule has 4 aromatic heterocycles. The summed E-state index contributed by atoms with van der Waals surface area (Å²) >= 11 is 0. The highest BCUT2D eigenvalue weighted by atomic mass is 32.2. The highest BCUT2D eigenvalue weighted by Crippen LogP contribution is 2.54. The van der Waals surface area contributed by atoms with Gasteiger partial charge in [0.15, 0.2) is 5.82 Å². The summed E-state index contributed by atoms with van der Waals surface area (Å²) < 4.78 is 27.9. The molecule has 1 spiro atoms. The van der Waals surface area contributed by atoms with Crippen LogP contribution in [0, 0.1) is 17.3 Å². The number of hydrogen-bond donors (Lipinski definition) is 2. The van der Waals surface area contributed by atoms with E-state index in [2.05, 4.69) is 47.2 Å². The molecule has 3 fully saturated rings. The first-order valence-electron chi connectivity index (χ1n) is 14.5. The lowest BCUT2D eigenvalue weighted by atomic mass is 9.56. The second-order valence-corrected chi connectivity index (χ2v) is 14.4. The van der Waals surface area contributed by atoms with Crippen molar-refractivity contribution in [1.29, 1.82) is 0 Å². The fraction of sp³-hybridized carbons (Fsp3) is 0.433. The van der Waals surface area contributed by atoms with Gasteiger partial charge in [0.25, 0.3) is 10.0 Å². The Kier molecular flexibility index (Phi) is 6.51. The molecule has 7 rings (SSSR count). The van der Waals surface area contributed by atoms with Crippen LogP contribution in [0.5, 0.6) is 0 Å². The Morgan fingerprint density at radius 3 is 2.51 bits per heavy atom. The minimum Gasteiger partial charge on any atom is -0.390 e. The number of aryl methyl sites for hydroxylation is 1. The lowest BCUT2D eigenvalue weighted by Crippen LogP contribution is -2.54. The molecule has 13 heteroatoms. The van der Waals surface area contributed by atoms with E-state index in [9.17, 15) is 13.5 Å². The molecule has 0 amide bonds. The highest BCUT2D eigenvalue weighted by Gasteiger charge is 2.51. The summed E-state index contributed by atoms with van der Waals surface area (Å²) in [6, 6.07) is 3.73.